The van der Waals surface area contributed by atoms with Crippen molar-refractivity contribution < 1.29 is 4.74 Å². The van der Waals surface area contributed by atoms with E-state index in [-0.39, 0.29) is 0 Å². The Bertz CT molecular complexity index is 1020. The van der Waals surface area contributed by atoms with Crippen LogP contribution in [0.1, 0.15) is 25.2 Å². The summed E-state index contributed by atoms with van der Waals surface area (Å²) >= 11 is 0. The highest BCUT2D eigenvalue weighted by atomic mass is 16.5. The molecule has 0 aliphatic carbocycles. The Morgan fingerprint density at radius 2 is 1.92 bits per heavy atom. The van der Waals surface area contributed by atoms with E-state index in [9.17, 15) is 0 Å². The van der Waals surface area contributed by atoms with Crippen LogP contribution in [-0.4, -0.2) is 41.3 Å². The van der Waals surface area contributed by atoms with Gasteiger partial charge in [0.1, 0.15) is 11.6 Å². The molecule has 0 amide bonds. The van der Waals surface area contributed by atoms with Crippen LogP contribution in [-0.2, 0) is 13.0 Å². The van der Waals surface area contributed by atoms with E-state index in [0.29, 0.717) is 30.0 Å². The zero-order valence-corrected chi connectivity index (χ0v) is 14.7. The number of hydrogen-bond acceptors (Lipinski definition) is 6. The van der Waals surface area contributed by atoms with Gasteiger partial charge in [0, 0.05) is 19.2 Å². The minimum atomic E-state index is 0.615. The quantitative estimate of drug-likeness (QED) is 0.531. The number of fused-ring (bicyclic) bond motifs is 1. The maximum atomic E-state index is 5.48. The highest BCUT2D eigenvalue weighted by molar-refractivity contribution is 5.70. The summed E-state index contributed by atoms with van der Waals surface area (Å²) in [5.74, 6) is 1.53. The van der Waals surface area contributed by atoms with Gasteiger partial charge in [-0.1, -0.05) is 5.21 Å². The van der Waals surface area contributed by atoms with E-state index in [1.54, 1.807) is 10.9 Å². The second kappa shape index (κ2) is 6.91. The summed E-state index contributed by atoms with van der Waals surface area (Å²) in [4.78, 5) is 9.06. The lowest BCUT2D eigenvalue weighted by Gasteiger charge is -2.05. The Hall–Kier alpha value is -3.29. The van der Waals surface area contributed by atoms with Crippen molar-refractivity contribution in [2.24, 2.45) is 0 Å². The lowest BCUT2D eigenvalue weighted by molar-refractivity contribution is 0.340. The van der Waals surface area contributed by atoms with E-state index in [1.807, 2.05) is 48.3 Å². The number of rotatable bonds is 6. The molecular weight excluding hydrogens is 330 g/mol. The fourth-order valence-electron chi connectivity index (χ4n) is 2.73. The second-order valence-corrected chi connectivity index (χ2v) is 5.80. The molecule has 26 heavy (non-hydrogen) atoms. The maximum Gasteiger partial charge on any atom is 0.187 e. The van der Waals surface area contributed by atoms with Gasteiger partial charge in [0.05, 0.1) is 24.7 Å². The first kappa shape index (κ1) is 16.2. The zero-order chi connectivity index (χ0) is 17.9. The van der Waals surface area contributed by atoms with Gasteiger partial charge in [0.15, 0.2) is 11.2 Å². The van der Waals surface area contributed by atoms with Gasteiger partial charge in [-0.25, -0.2) is 9.97 Å². The summed E-state index contributed by atoms with van der Waals surface area (Å²) in [5, 5.41) is 12.7. The van der Waals surface area contributed by atoms with Crippen LogP contribution in [0.4, 0.5) is 0 Å². The molecular formula is C18H19N7O. The Morgan fingerprint density at radius 1 is 1.08 bits per heavy atom. The Balaban J connectivity index is 1.65. The van der Waals surface area contributed by atoms with Crippen LogP contribution in [0.2, 0.25) is 0 Å². The molecule has 4 rings (SSSR count). The first-order valence-electron chi connectivity index (χ1n) is 8.58. The van der Waals surface area contributed by atoms with Gasteiger partial charge in [0.25, 0.3) is 0 Å². The van der Waals surface area contributed by atoms with Gasteiger partial charge < -0.3 is 4.74 Å². The van der Waals surface area contributed by atoms with Crippen molar-refractivity contribution in [3.8, 4) is 11.4 Å². The molecule has 0 saturated heterocycles. The molecule has 0 spiro atoms. The van der Waals surface area contributed by atoms with E-state index >= 15 is 0 Å². The Kier molecular flexibility index (Phi) is 4.30. The van der Waals surface area contributed by atoms with Crippen LogP contribution >= 0.6 is 0 Å². The summed E-state index contributed by atoms with van der Waals surface area (Å²) in [6, 6.07) is 7.69. The number of benzene rings is 1. The van der Waals surface area contributed by atoms with Crippen LogP contribution in [0.25, 0.3) is 16.9 Å². The largest absolute Gasteiger partial charge is 0.494 e. The van der Waals surface area contributed by atoms with Gasteiger partial charge in [0.2, 0.25) is 0 Å². The molecule has 3 heterocycles. The van der Waals surface area contributed by atoms with Gasteiger partial charge in [-0.3, -0.25) is 4.68 Å². The third-order valence-corrected chi connectivity index (χ3v) is 4.01. The van der Waals surface area contributed by atoms with E-state index in [1.165, 1.54) is 0 Å². The Labute approximate surface area is 150 Å². The number of aryl methyl sites for hydroxylation is 1. The van der Waals surface area contributed by atoms with E-state index in [0.717, 1.165) is 23.5 Å². The summed E-state index contributed by atoms with van der Waals surface area (Å²) in [7, 11) is 0. The lowest BCUT2D eigenvalue weighted by atomic mass is 10.2. The first-order valence-corrected chi connectivity index (χ1v) is 8.58. The first-order chi connectivity index (χ1) is 12.8. The standard InChI is InChI=1S/C18H19N7O/c1-3-24-12-13(10-20-24)9-17-19-11-16-18(21-17)25(23-22-16)14-5-7-15(8-6-14)26-4-2/h5-8,10-12H,3-4,9H2,1-2H3. The average molecular weight is 349 g/mol. The molecule has 0 atom stereocenters. The molecule has 0 bridgehead atoms. The monoisotopic (exact) mass is 349 g/mol. The minimum Gasteiger partial charge on any atom is -0.494 e. The topological polar surface area (TPSA) is 83.5 Å². The zero-order valence-electron chi connectivity index (χ0n) is 14.7. The molecule has 0 radical (unpaired) electrons. The van der Waals surface area contributed by atoms with E-state index in [4.69, 9.17) is 4.74 Å². The maximum absolute atomic E-state index is 5.48. The normalized spacial score (nSPS) is 11.2. The molecule has 0 N–H and O–H groups in total. The number of ether oxygens (including phenoxy) is 1. The van der Waals surface area contributed by atoms with Crippen molar-refractivity contribution in [2.75, 3.05) is 6.61 Å². The van der Waals surface area contributed by atoms with Crippen molar-refractivity contribution in [3.63, 3.8) is 0 Å². The highest BCUT2D eigenvalue weighted by Gasteiger charge is 2.11. The molecule has 4 aromatic rings. The van der Waals surface area contributed by atoms with E-state index < -0.39 is 0 Å². The van der Waals surface area contributed by atoms with Crippen LogP contribution in [0.5, 0.6) is 5.75 Å². The molecule has 1 aromatic carbocycles. The van der Waals surface area contributed by atoms with E-state index in [2.05, 4.69) is 32.3 Å². The van der Waals surface area contributed by atoms with Gasteiger partial charge in [-0.05, 0) is 43.7 Å². The summed E-state index contributed by atoms with van der Waals surface area (Å²) < 4.78 is 9.09. The highest BCUT2D eigenvalue weighted by Crippen LogP contribution is 2.18. The van der Waals surface area contributed by atoms with Crippen LogP contribution in [0.3, 0.4) is 0 Å². The third-order valence-electron chi connectivity index (χ3n) is 4.01. The van der Waals surface area contributed by atoms with Crippen LogP contribution in [0.15, 0.2) is 42.9 Å². The molecule has 0 aliphatic rings. The molecule has 0 saturated carbocycles. The Morgan fingerprint density at radius 3 is 2.65 bits per heavy atom. The smallest absolute Gasteiger partial charge is 0.187 e. The average Bonchev–Trinajstić information content (AvgIpc) is 3.29. The third kappa shape index (κ3) is 3.13. The summed E-state index contributed by atoms with van der Waals surface area (Å²) in [5.41, 5.74) is 3.29. The minimum absolute atomic E-state index is 0.615. The number of aromatic nitrogens is 7. The SMILES string of the molecule is CCOc1ccc(-n2nnc3cnc(Cc4cnn(CC)c4)nc32)cc1. The number of hydrogen-bond donors (Lipinski definition) is 0. The molecule has 8 nitrogen and oxygen atoms in total. The fraction of sp³-hybridized carbons (Fsp3) is 0.278. The van der Waals surface area contributed by atoms with Crippen molar-refractivity contribution in [1.29, 1.82) is 0 Å². The van der Waals surface area contributed by atoms with Crippen molar-refractivity contribution >= 4 is 11.2 Å². The second-order valence-electron chi connectivity index (χ2n) is 5.80. The van der Waals surface area contributed by atoms with Gasteiger partial charge >= 0.3 is 0 Å². The predicted molar refractivity (Wildman–Crippen MR) is 96.3 cm³/mol. The molecule has 8 heteroatoms. The van der Waals surface area contributed by atoms with Crippen molar-refractivity contribution in [1.82, 2.24) is 34.7 Å². The van der Waals surface area contributed by atoms with Crippen molar-refractivity contribution in [3.05, 3.63) is 54.2 Å². The predicted octanol–water partition coefficient (Wildman–Crippen LogP) is 2.42. The molecule has 0 fully saturated rings. The molecule has 0 aliphatic heterocycles. The fourth-order valence-corrected chi connectivity index (χ4v) is 2.73. The van der Waals surface area contributed by atoms with Gasteiger partial charge in [-0.15, -0.1) is 5.10 Å². The van der Waals surface area contributed by atoms with Crippen molar-refractivity contribution in [2.45, 2.75) is 26.8 Å². The molecule has 132 valence electrons. The summed E-state index contributed by atoms with van der Waals surface area (Å²) in [6.45, 7) is 5.49. The van der Waals surface area contributed by atoms with Gasteiger partial charge in [-0.2, -0.15) is 9.78 Å². The lowest BCUT2D eigenvalue weighted by Crippen LogP contribution is -2.01. The van der Waals surface area contributed by atoms with Crippen LogP contribution < -0.4 is 4.74 Å². The molecule has 3 aromatic heterocycles. The molecule has 0 unspecified atom stereocenters. The summed E-state index contributed by atoms with van der Waals surface area (Å²) in [6.07, 6.45) is 6.18. The van der Waals surface area contributed by atoms with Crippen LogP contribution in [0, 0.1) is 0 Å². The number of nitrogens with zero attached hydrogens (tertiary/aromatic N) is 7.